The van der Waals surface area contributed by atoms with Gasteiger partial charge in [-0.25, -0.2) is 0 Å². The van der Waals surface area contributed by atoms with Crippen LogP contribution in [0.4, 0.5) is 13.2 Å². The summed E-state index contributed by atoms with van der Waals surface area (Å²) in [5.74, 6) is 0.660. The van der Waals surface area contributed by atoms with Gasteiger partial charge in [-0.2, -0.15) is 18.3 Å². The molecule has 0 saturated carbocycles. The van der Waals surface area contributed by atoms with Crippen molar-refractivity contribution < 1.29 is 22.5 Å². The van der Waals surface area contributed by atoms with E-state index < -0.39 is 11.9 Å². The summed E-state index contributed by atoms with van der Waals surface area (Å²) >= 11 is 0. The number of carbonyl (C=O) groups is 1. The van der Waals surface area contributed by atoms with E-state index in [1.807, 2.05) is 19.9 Å². The van der Waals surface area contributed by atoms with Gasteiger partial charge in [0.15, 0.2) is 5.69 Å². The van der Waals surface area contributed by atoms with Crippen LogP contribution in [-0.2, 0) is 17.5 Å². The molecule has 0 aromatic carbocycles. The van der Waals surface area contributed by atoms with Gasteiger partial charge < -0.3 is 9.42 Å². The molecule has 26 heavy (non-hydrogen) atoms. The number of carbonyl (C=O) groups excluding carboxylic acids is 1. The molecule has 3 rings (SSSR count). The topological polar surface area (TPSA) is 64.2 Å². The summed E-state index contributed by atoms with van der Waals surface area (Å²) in [7, 11) is 0. The second kappa shape index (κ2) is 6.77. The maximum atomic E-state index is 12.8. The molecule has 2 aromatic rings. The molecule has 1 aliphatic rings. The predicted molar refractivity (Wildman–Crippen MR) is 86.2 cm³/mol. The third-order valence-corrected chi connectivity index (χ3v) is 4.59. The fourth-order valence-corrected chi connectivity index (χ4v) is 3.13. The van der Waals surface area contributed by atoms with Gasteiger partial charge in [-0.1, -0.05) is 19.0 Å². The minimum Gasteiger partial charge on any atom is -0.361 e. The molecule has 0 unspecified atom stereocenters. The largest absolute Gasteiger partial charge is 0.435 e. The number of aryl methyl sites for hydroxylation is 1. The standard InChI is InChI=1S/C17H21F3N4O2/c1-10(2)14-8-12(22-26-14)13-5-4-6-23(13)16(25)9-24-11(3)7-15(21-24)17(18,19)20/h7-8,10,13H,4-6,9H2,1-3H3/t13-/m0/s1. The minimum atomic E-state index is -4.52. The van der Waals surface area contributed by atoms with Gasteiger partial charge in [0.2, 0.25) is 5.91 Å². The van der Waals surface area contributed by atoms with Crippen LogP contribution in [0.5, 0.6) is 0 Å². The van der Waals surface area contributed by atoms with Gasteiger partial charge in [-0.05, 0) is 25.8 Å². The van der Waals surface area contributed by atoms with Crippen molar-refractivity contribution in [1.29, 1.82) is 0 Å². The van der Waals surface area contributed by atoms with Crippen molar-refractivity contribution in [2.75, 3.05) is 6.54 Å². The van der Waals surface area contributed by atoms with Crippen LogP contribution in [0.25, 0.3) is 0 Å². The number of alkyl halides is 3. The Morgan fingerprint density at radius 3 is 2.69 bits per heavy atom. The first kappa shape index (κ1) is 18.5. The fourth-order valence-electron chi connectivity index (χ4n) is 3.13. The van der Waals surface area contributed by atoms with Crippen molar-refractivity contribution in [1.82, 2.24) is 19.8 Å². The lowest BCUT2D eigenvalue weighted by atomic mass is 10.1. The van der Waals surface area contributed by atoms with Crippen molar-refractivity contribution in [3.8, 4) is 0 Å². The minimum absolute atomic E-state index is 0.189. The number of amides is 1. The second-order valence-corrected chi connectivity index (χ2v) is 6.88. The number of likely N-dealkylation sites (tertiary alicyclic amines) is 1. The third kappa shape index (κ3) is 3.61. The van der Waals surface area contributed by atoms with Gasteiger partial charge >= 0.3 is 6.18 Å². The van der Waals surface area contributed by atoms with Gasteiger partial charge in [0, 0.05) is 24.2 Å². The molecule has 1 atom stereocenters. The molecule has 142 valence electrons. The first-order chi connectivity index (χ1) is 12.2. The normalized spacial score (nSPS) is 18.1. The Morgan fingerprint density at radius 2 is 2.12 bits per heavy atom. The average Bonchev–Trinajstić information content (AvgIpc) is 3.24. The highest BCUT2D eigenvalue weighted by Gasteiger charge is 2.36. The summed E-state index contributed by atoms with van der Waals surface area (Å²) in [5, 5.41) is 7.60. The lowest BCUT2D eigenvalue weighted by molar-refractivity contribution is -0.142. The smallest absolute Gasteiger partial charge is 0.361 e. The van der Waals surface area contributed by atoms with Crippen LogP contribution >= 0.6 is 0 Å². The molecule has 0 N–H and O–H groups in total. The number of hydrogen-bond acceptors (Lipinski definition) is 4. The first-order valence-electron chi connectivity index (χ1n) is 8.54. The van der Waals surface area contributed by atoms with E-state index in [0.717, 1.165) is 29.4 Å². The Balaban J connectivity index is 1.75. The Kier molecular flexibility index (Phi) is 4.81. The summed E-state index contributed by atoms with van der Waals surface area (Å²) in [6.07, 6.45) is -2.96. The average molecular weight is 370 g/mol. The number of halogens is 3. The third-order valence-electron chi connectivity index (χ3n) is 4.59. The van der Waals surface area contributed by atoms with Crippen molar-refractivity contribution in [2.45, 2.75) is 58.3 Å². The van der Waals surface area contributed by atoms with Gasteiger partial charge in [-0.15, -0.1) is 0 Å². The molecule has 0 bridgehead atoms. The Bertz CT molecular complexity index is 794. The second-order valence-electron chi connectivity index (χ2n) is 6.88. The van der Waals surface area contributed by atoms with E-state index in [2.05, 4.69) is 10.3 Å². The van der Waals surface area contributed by atoms with Gasteiger partial charge in [0.1, 0.15) is 18.0 Å². The van der Waals surface area contributed by atoms with Crippen LogP contribution in [0.3, 0.4) is 0 Å². The number of hydrogen-bond donors (Lipinski definition) is 0. The van der Waals surface area contributed by atoms with Crippen molar-refractivity contribution in [3.63, 3.8) is 0 Å². The maximum Gasteiger partial charge on any atom is 0.435 e. The SMILES string of the molecule is Cc1cc(C(F)(F)F)nn1CC(=O)N1CCC[C@H]1c1cc(C(C)C)on1. The molecule has 6 nitrogen and oxygen atoms in total. The molecule has 0 radical (unpaired) electrons. The zero-order valence-corrected chi connectivity index (χ0v) is 14.9. The van der Waals surface area contributed by atoms with Gasteiger partial charge in [0.05, 0.1) is 6.04 Å². The van der Waals surface area contributed by atoms with E-state index in [1.165, 1.54) is 6.92 Å². The zero-order chi connectivity index (χ0) is 19.1. The van der Waals surface area contributed by atoms with E-state index in [0.29, 0.717) is 17.9 Å². The Hall–Kier alpha value is -2.32. The highest BCUT2D eigenvalue weighted by molar-refractivity contribution is 5.76. The summed E-state index contributed by atoms with van der Waals surface area (Å²) in [6, 6.07) is 2.58. The van der Waals surface area contributed by atoms with Crippen LogP contribution in [0.15, 0.2) is 16.7 Å². The van der Waals surface area contributed by atoms with Crippen molar-refractivity contribution >= 4 is 5.91 Å². The highest BCUT2D eigenvalue weighted by atomic mass is 19.4. The lowest BCUT2D eigenvalue weighted by Crippen LogP contribution is -2.34. The van der Waals surface area contributed by atoms with Gasteiger partial charge in [0.25, 0.3) is 0 Å². The molecule has 1 aliphatic heterocycles. The first-order valence-corrected chi connectivity index (χ1v) is 8.54. The highest BCUT2D eigenvalue weighted by Crippen LogP contribution is 2.33. The molecule has 2 aromatic heterocycles. The lowest BCUT2D eigenvalue weighted by Gasteiger charge is -2.23. The molecule has 0 aliphatic carbocycles. The van der Waals surface area contributed by atoms with E-state index in [-0.39, 0.29) is 24.4 Å². The van der Waals surface area contributed by atoms with Crippen molar-refractivity contribution in [3.05, 3.63) is 35.0 Å². The fraction of sp³-hybridized carbons (Fsp3) is 0.588. The number of rotatable bonds is 4. The number of aromatic nitrogens is 3. The Labute approximate surface area is 148 Å². The molecule has 3 heterocycles. The molecule has 9 heteroatoms. The monoisotopic (exact) mass is 370 g/mol. The Morgan fingerprint density at radius 1 is 1.38 bits per heavy atom. The number of nitrogens with zero attached hydrogens (tertiary/aromatic N) is 4. The van der Waals surface area contributed by atoms with Gasteiger partial charge in [-0.3, -0.25) is 9.48 Å². The van der Waals surface area contributed by atoms with Crippen LogP contribution < -0.4 is 0 Å². The summed E-state index contributed by atoms with van der Waals surface area (Å²) in [5.41, 5.74) is -0.00322. The quantitative estimate of drug-likeness (QED) is 0.823. The van der Waals surface area contributed by atoms with Crippen LogP contribution in [0.2, 0.25) is 0 Å². The van der Waals surface area contributed by atoms with Crippen molar-refractivity contribution in [2.24, 2.45) is 0 Å². The molecular weight excluding hydrogens is 349 g/mol. The van der Waals surface area contributed by atoms with E-state index in [1.54, 1.807) is 4.90 Å². The van der Waals surface area contributed by atoms with E-state index in [9.17, 15) is 18.0 Å². The molecule has 0 spiro atoms. The molecule has 1 saturated heterocycles. The van der Waals surface area contributed by atoms with E-state index >= 15 is 0 Å². The molecule has 1 amide bonds. The summed E-state index contributed by atoms with van der Waals surface area (Å²) < 4.78 is 44.8. The maximum absolute atomic E-state index is 12.8. The summed E-state index contributed by atoms with van der Waals surface area (Å²) in [6.45, 7) is 5.79. The van der Waals surface area contributed by atoms with E-state index in [4.69, 9.17) is 4.52 Å². The van der Waals surface area contributed by atoms with Crippen LogP contribution in [-0.4, -0.2) is 32.3 Å². The molecule has 1 fully saturated rings. The summed E-state index contributed by atoms with van der Waals surface area (Å²) in [4.78, 5) is 14.3. The van der Waals surface area contributed by atoms with Crippen LogP contribution in [0.1, 0.15) is 61.5 Å². The zero-order valence-electron chi connectivity index (χ0n) is 14.9. The predicted octanol–water partition coefficient (Wildman–Crippen LogP) is 3.69. The van der Waals surface area contributed by atoms with Crippen LogP contribution in [0, 0.1) is 6.92 Å². The molecular formula is C17H21F3N4O2.